The summed E-state index contributed by atoms with van der Waals surface area (Å²) in [6, 6.07) is 5.77. The molecule has 6 aromatic rings. The van der Waals surface area contributed by atoms with E-state index in [1.165, 1.54) is 0 Å². The van der Waals surface area contributed by atoms with E-state index in [4.69, 9.17) is 4.98 Å². The molecule has 1 amide bonds. The maximum absolute atomic E-state index is 12.4. The maximum atomic E-state index is 12.4. The average Bonchev–Trinajstić information content (AvgIpc) is 3.60. The zero-order valence-corrected chi connectivity index (χ0v) is 21.4. The van der Waals surface area contributed by atoms with Crippen LogP contribution < -0.4 is 5.32 Å². The van der Waals surface area contributed by atoms with Crippen LogP contribution in [0.1, 0.15) is 32.9 Å². The van der Waals surface area contributed by atoms with Gasteiger partial charge in [0.15, 0.2) is 17.1 Å². The van der Waals surface area contributed by atoms with Crippen LogP contribution in [0, 0.1) is 12.3 Å². The molecule has 0 spiro atoms. The molecular weight excluding hydrogens is 480 g/mol. The van der Waals surface area contributed by atoms with Crippen molar-refractivity contribution in [3.05, 3.63) is 61.2 Å². The quantitative estimate of drug-likeness (QED) is 0.304. The molecule has 3 N–H and O–H groups in total. The smallest absolute Gasteiger partial charge is 0.224 e. The van der Waals surface area contributed by atoms with Gasteiger partial charge in [0.05, 0.1) is 35.0 Å². The van der Waals surface area contributed by atoms with Gasteiger partial charge in [0.25, 0.3) is 0 Å². The van der Waals surface area contributed by atoms with Gasteiger partial charge in [-0.05, 0) is 30.5 Å². The first kappa shape index (κ1) is 23.5. The van der Waals surface area contributed by atoms with Crippen molar-refractivity contribution in [2.45, 2.75) is 34.1 Å². The van der Waals surface area contributed by atoms with Crippen LogP contribution in [0.5, 0.6) is 0 Å². The van der Waals surface area contributed by atoms with E-state index in [2.05, 4.69) is 40.4 Å². The van der Waals surface area contributed by atoms with E-state index in [1.54, 1.807) is 31.1 Å². The van der Waals surface area contributed by atoms with Crippen LogP contribution in [0.3, 0.4) is 0 Å². The van der Waals surface area contributed by atoms with E-state index in [9.17, 15) is 4.79 Å². The van der Waals surface area contributed by atoms with Crippen molar-refractivity contribution in [3.8, 4) is 28.3 Å². The molecule has 0 unspecified atom stereocenters. The van der Waals surface area contributed by atoms with Crippen molar-refractivity contribution in [1.82, 2.24) is 44.7 Å². The SMILES string of the molecule is Cc1cn(-c2ccnc3[nH]c(-c4n[nH]c5ncc(-c6cncc(NC(=O)CC(C)(C)C)c6)cc45)nc23)cn1. The van der Waals surface area contributed by atoms with Gasteiger partial charge < -0.3 is 14.9 Å². The van der Waals surface area contributed by atoms with Crippen LogP contribution >= 0.6 is 0 Å². The predicted octanol–water partition coefficient (Wildman–Crippen LogP) is 4.83. The molecule has 0 bridgehead atoms. The number of aromatic amines is 2. The minimum Gasteiger partial charge on any atom is -0.325 e. The van der Waals surface area contributed by atoms with Crippen molar-refractivity contribution in [1.29, 1.82) is 0 Å². The van der Waals surface area contributed by atoms with Gasteiger partial charge in [-0.15, -0.1) is 0 Å². The Morgan fingerprint density at radius 2 is 1.89 bits per heavy atom. The lowest BCUT2D eigenvalue weighted by Gasteiger charge is -2.17. The number of aryl methyl sites for hydroxylation is 1. The molecule has 0 saturated carbocycles. The van der Waals surface area contributed by atoms with Crippen molar-refractivity contribution in [3.63, 3.8) is 0 Å². The number of hydrogen-bond donors (Lipinski definition) is 3. The zero-order valence-electron chi connectivity index (χ0n) is 21.4. The third-order valence-electron chi connectivity index (χ3n) is 6.04. The number of H-pyrrole nitrogens is 2. The van der Waals surface area contributed by atoms with Crippen molar-refractivity contribution in [2.24, 2.45) is 5.41 Å². The molecule has 190 valence electrons. The van der Waals surface area contributed by atoms with E-state index in [0.717, 1.165) is 27.9 Å². The maximum Gasteiger partial charge on any atom is 0.224 e. The number of aromatic nitrogens is 9. The Morgan fingerprint density at radius 1 is 1.05 bits per heavy atom. The number of pyridine rings is 3. The molecule has 0 radical (unpaired) electrons. The molecular formula is C27H26N10O. The third kappa shape index (κ3) is 4.49. The standard InChI is InChI=1S/C27H26N10O/c1-15-13-37(14-31-15)20-5-6-29-25-23(20)33-26(34-25)22-19-8-17(11-30-24(19)36-35-22)16-7-18(12-28-10-16)32-21(38)9-27(2,3)4/h5-8,10-14H,9H2,1-4H3,(H,32,38)(H,29,33,34)(H,30,35,36). The molecule has 0 aromatic carbocycles. The van der Waals surface area contributed by atoms with E-state index in [-0.39, 0.29) is 11.3 Å². The van der Waals surface area contributed by atoms with Gasteiger partial charge in [-0.3, -0.25) is 14.9 Å². The van der Waals surface area contributed by atoms with Crippen molar-refractivity contribution in [2.75, 3.05) is 5.32 Å². The highest BCUT2D eigenvalue weighted by Gasteiger charge is 2.18. The molecule has 0 fully saturated rings. The normalized spacial score (nSPS) is 11.9. The summed E-state index contributed by atoms with van der Waals surface area (Å²) in [5.41, 5.74) is 6.58. The first-order valence-electron chi connectivity index (χ1n) is 12.2. The van der Waals surface area contributed by atoms with Gasteiger partial charge >= 0.3 is 0 Å². The molecule has 38 heavy (non-hydrogen) atoms. The van der Waals surface area contributed by atoms with Gasteiger partial charge in [-0.1, -0.05) is 20.8 Å². The van der Waals surface area contributed by atoms with Gasteiger partial charge in [0, 0.05) is 42.3 Å². The first-order chi connectivity index (χ1) is 18.2. The molecule has 11 nitrogen and oxygen atoms in total. The molecule has 0 aliphatic rings. The predicted molar refractivity (Wildman–Crippen MR) is 145 cm³/mol. The summed E-state index contributed by atoms with van der Waals surface area (Å²) >= 11 is 0. The number of carbonyl (C=O) groups excluding carboxylic acids is 1. The second kappa shape index (κ2) is 8.87. The summed E-state index contributed by atoms with van der Waals surface area (Å²) in [5, 5.41) is 11.2. The van der Waals surface area contributed by atoms with E-state index in [0.29, 0.717) is 40.4 Å². The van der Waals surface area contributed by atoms with Gasteiger partial charge in [-0.2, -0.15) is 5.10 Å². The zero-order chi connectivity index (χ0) is 26.4. The first-order valence-corrected chi connectivity index (χ1v) is 12.2. The fourth-order valence-corrected chi connectivity index (χ4v) is 4.37. The lowest BCUT2D eigenvalue weighted by molar-refractivity contribution is -0.117. The lowest BCUT2D eigenvalue weighted by atomic mass is 9.92. The molecule has 0 atom stereocenters. The van der Waals surface area contributed by atoms with Crippen LogP contribution in [0.4, 0.5) is 5.69 Å². The topological polar surface area (TPSA) is 143 Å². The van der Waals surface area contributed by atoms with Gasteiger partial charge in [0.2, 0.25) is 5.91 Å². The minimum atomic E-state index is -0.105. The number of nitrogens with zero attached hydrogens (tertiary/aromatic N) is 7. The molecule has 0 aliphatic carbocycles. The molecule has 11 heteroatoms. The number of nitrogens with one attached hydrogen (secondary N) is 3. The molecule has 6 aromatic heterocycles. The van der Waals surface area contributed by atoms with Crippen molar-refractivity contribution >= 4 is 33.8 Å². The highest BCUT2D eigenvalue weighted by Crippen LogP contribution is 2.30. The second-order valence-corrected chi connectivity index (χ2v) is 10.5. The number of rotatable bonds is 5. The third-order valence-corrected chi connectivity index (χ3v) is 6.04. The van der Waals surface area contributed by atoms with E-state index in [1.807, 2.05) is 56.7 Å². The highest BCUT2D eigenvalue weighted by atomic mass is 16.1. The molecule has 6 heterocycles. The Balaban J connectivity index is 1.36. The summed E-state index contributed by atoms with van der Waals surface area (Å²) in [6.07, 6.45) is 11.0. The number of carbonyl (C=O) groups is 1. The Kier molecular flexibility index (Phi) is 5.48. The highest BCUT2D eigenvalue weighted by molar-refractivity contribution is 5.95. The van der Waals surface area contributed by atoms with Crippen LogP contribution in [0.15, 0.2) is 55.5 Å². The second-order valence-electron chi connectivity index (χ2n) is 10.5. The van der Waals surface area contributed by atoms with Crippen LogP contribution in [-0.4, -0.2) is 50.6 Å². The van der Waals surface area contributed by atoms with E-state index < -0.39 is 0 Å². The average molecular weight is 507 g/mol. The summed E-state index contributed by atoms with van der Waals surface area (Å²) in [7, 11) is 0. The van der Waals surface area contributed by atoms with E-state index >= 15 is 0 Å². The van der Waals surface area contributed by atoms with Gasteiger partial charge in [-0.25, -0.2) is 19.9 Å². The lowest BCUT2D eigenvalue weighted by Crippen LogP contribution is -2.19. The minimum absolute atomic E-state index is 0.0501. The number of imidazole rings is 2. The number of hydrogen-bond acceptors (Lipinski definition) is 7. The fraction of sp³-hybridized carbons (Fsp3) is 0.222. The Bertz CT molecular complexity index is 1800. The molecule has 0 aliphatic heterocycles. The Labute approximate surface area is 217 Å². The number of anilines is 1. The molecule has 0 saturated heterocycles. The number of fused-ring (bicyclic) bond motifs is 2. The van der Waals surface area contributed by atoms with Crippen LogP contribution in [0.2, 0.25) is 0 Å². The molecule has 6 rings (SSSR count). The van der Waals surface area contributed by atoms with Crippen LogP contribution in [-0.2, 0) is 4.79 Å². The fourth-order valence-electron chi connectivity index (χ4n) is 4.37. The van der Waals surface area contributed by atoms with Crippen molar-refractivity contribution < 1.29 is 4.79 Å². The van der Waals surface area contributed by atoms with Gasteiger partial charge in [0.1, 0.15) is 11.2 Å². The summed E-state index contributed by atoms with van der Waals surface area (Å²) in [6.45, 7) is 8.03. The number of amides is 1. The summed E-state index contributed by atoms with van der Waals surface area (Å²) in [5.74, 6) is 0.522. The summed E-state index contributed by atoms with van der Waals surface area (Å²) in [4.78, 5) is 38.2. The Hall–Kier alpha value is -4.93. The Morgan fingerprint density at radius 3 is 2.68 bits per heavy atom. The van der Waals surface area contributed by atoms with Crippen LogP contribution in [0.25, 0.3) is 50.5 Å². The largest absolute Gasteiger partial charge is 0.325 e. The summed E-state index contributed by atoms with van der Waals surface area (Å²) < 4.78 is 1.92. The monoisotopic (exact) mass is 506 g/mol.